The first-order valence-electron chi connectivity index (χ1n) is 9.56. The van der Waals surface area contributed by atoms with Crippen LogP contribution in [0.4, 0.5) is 4.39 Å². The normalized spacial score (nSPS) is 15.6. The summed E-state index contributed by atoms with van der Waals surface area (Å²) in [6.07, 6.45) is 0. The summed E-state index contributed by atoms with van der Waals surface area (Å²) in [5, 5.41) is 0. The number of hydrogen-bond donors (Lipinski definition) is 0. The van der Waals surface area contributed by atoms with Crippen molar-refractivity contribution in [3.05, 3.63) is 71.5 Å². The molecule has 0 unspecified atom stereocenters. The van der Waals surface area contributed by atoms with E-state index in [4.69, 9.17) is 0 Å². The molecule has 1 aliphatic rings. The third-order valence-electron chi connectivity index (χ3n) is 4.95. The molecule has 0 aliphatic carbocycles. The highest BCUT2D eigenvalue weighted by molar-refractivity contribution is 7.88. The van der Waals surface area contributed by atoms with E-state index in [1.807, 2.05) is 30.1 Å². The zero-order valence-electron chi connectivity index (χ0n) is 16.5. The summed E-state index contributed by atoms with van der Waals surface area (Å²) in [5.41, 5.74) is 1.69. The SMILES string of the molecule is CN(CC(=O)N1CCN(S(=O)(=O)Cc2ccccc2)CC1)Cc1ccc(F)cc1. The fourth-order valence-electron chi connectivity index (χ4n) is 3.38. The monoisotopic (exact) mass is 419 g/mol. The molecule has 2 aromatic carbocycles. The van der Waals surface area contributed by atoms with Crippen LogP contribution in [0.3, 0.4) is 0 Å². The highest BCUT2D eigenvalue weighted by Gasteiger charge is 2.29. The molecule has 2 aromatic rings. The Labute approximate surface area is 171 Å². The average molecular weight is 420 g/mol. The van der Waals surface area contributed by atoms with Gasteiger partial charge >= 0.3 is 0 Å². The molecule has 1 aliphatic heterocycles. The Bertz CT molecular complexity index is 912. The van der Waals surface area contributed by atoms with Crippen molar-refractivity contribution < 1.29 is 17.6 Å². The van der Waals surface area contributed by atoms with Crippen LogP contribution in [-0.4, -0.2) is 68.2 Å². The van der Waals surface area contributed by atoms with Crippen molar-refractivity contribution >= 4 is 15.9 Å². The van der Waals surface area contributed by atoms with Crippen LogP contribution in [0.1, 0.15) is 11.1 Å². The molecule has 8 heteroatoms. The van der Waals surface area contributed by atoms with E-state index >= 15 is 0 Å². The topological polar surface area (TPSA) is 60.9 Å². The Hall–Kier alpha value is -2.29. The van der Waals surface area contributed by atoms with Gasteiger partial charge in [-0.3, -0.25) is 9.69 Å². The summed E-state index contributed by atoms with van der Waals surface area (Å²) in [6.45, 7) is 2.16. The quantitative estimate of drug-likeness (QED) is 0.688. The van der Waals surface area contributed by atoms with Gasteiger partial charge in [-0.15, -0.1) is 0 Å². The highest BCUT2D eigenvalue weighted by atomic mass is 32.2. The van der Waals surface area contributed by atoms with Crippen molar-refractivity contribution in [3.63, 3.8) is 0 Å². The average Bonchev–Trinajstić information content (AvgIpc) is 2.70. The first-order chi connectivity index (χ1) is 13.8. The molecule has 0 atom stereocenters. The molecule has 1 fully saturated rings. The predicted octanol–water partition coefficient (Wildman–Crippen LogP) is 1.93. The number of benzene rings is 2. The number of amides is 1. The first-order valence-corrected chi connectivity index (χ1v) is 11.2. The largest absolute Gasteiger partial charge is 0.339 e. The Morgan fingerprint density at radius 3 is 2.21 bits per heavy atom. The van der Waals surface area contributed by atoms with Crippen LogP contribution in [0.25, 0.3) is 0 Å². The molecule has 1 saturated heterocycles. The van der Waals surface area contributed by atoms with E-state index in [9.17, 15) is 17.6 Å². The molecular formula is C21H26FN3O3S. The third kappa shape index (κ3) is 6.09. The second kappa shape index (κ2) is 9.47. The Kier molecular flexibility index (Phi) is 7.00. The van der Waals surface area contributed by atoms with Gasteiger partial charge in [-0.05, 0) is 30.3 Å². The van der Waals surface area contributed by atoms with Gasteiger partial charge in [-0.2, -0.15) is 4.31 Å². The van der Waals surface area contributed by atoms with Gasteiger partial charge in [-0.25, -0.2) is 12.8 Å². The lowest BCUT2D eigenvalue weighted by Gasteiger charge is -2.34. The molecule has 0 bridgehead atoms. The van der Waals surface area contributed by atoms with Crippen LogP contribution in [0.15, 0.2) is 54.6 Å². The molecule has 3 rings (SSSR count). The number of sulfonamides is 1. The van der Waals surface area contributed by atoms with Gasteiger partial charge in [0, 0.05) is 32.7 Å². The molecular weight excluding hydrogens is 393 g/mol. The summed E-state index contributed by atoms with van der Waals surface area (Å²) in [4.78, 5) is 16.1. The van der Waals surface area contributed by atoms with Crippen molar-refractivity contribution in [2.24, 2.45) is 0 Å². The van der Waals surface area contributed by atoms with Crippen LogP contribution in [-0.2, 0) is 27.1 Å². The zero-order valence-corrected chi connectivity index (χ0v) is 17.3. The molecule has 156 valence electrons. The highest BCUT2D eigenvalue weighted by Crippen LogP contribution is 2.14. The molecule has 0 radical (unpaired) electrons. The van der Waals surface area contributed by atoms with E-state index in [0.29, 0.717) is 32.7 Å². The fraction of sp³-hybridized carbons (Fsp3) is 0.381. The summed E-state index contributed by atoms with van der Waals surface area (Å²) in [5.74, 6) is -0.343. The number of nitrogens with zero attached hydrogens (tertiary/aromatic N) is 3. The number of likely N-dealkylation sites (N-methyl/N-ethyl adjacent to an activating group) is 1. The summed E-state index contributed by atoms with van der Waals surface area (Å²) in [6, 6.07) is 15.3. The van der Waals surface area contributed by atoms with Crippen LogP contribution in [0, 0.1) is 5.82 Å². The van der Waals surface area contributed by atoms with Crippen molar-refractivity contribution in [1.82, 2.24) is 14.1 Å². The number of carbonyl (C=O) groups excluding carboxylic acids is 1. The van der Waals surface area contributed by atoms with Gasteiger partial charge in [-0.1, -0.05) is 42.5 Å². The van der Waals surface area contributed by atoms with E-state index in [2.05, 4.69) is 0 Å². The molecule has 1 heterocycles. The maximum absolute atomic E-state index is 13.0. The van der Waals surface area contributed by atoms with E-state index in [0.717, 1.165) is 11.1 Å². The first kappa shape index (κ1) is 21.4. The van der Waals surface area contributed by atoms with E-state index in [1.165, 1.54) is 16.4 Å². The minimum absolute atomic E-state index is 0.0256. The Morgan fingerprint density at radius 1 is 0.966 bits per heavy atom. The van der Waals surface area contributed by atoms with Gasteiger partial charge in [0.05, 0.1) is 12.3 Å². The third-order valence-corrected chi connectivity index (χ3v) is 6.80. The minimum atomic E-state index is -3.40. The van der Waals surface area contributed by atoms with Gasteiger partial charge in [0.15, 0.2) is 0 Å². The van der Waals surface area contributed by atoms with Crippen LogP contribution < -0.4 is 0 Å². The van der Waals surface area contributed by atoms with Gasteiger partial charge in [0.2, 0.25) is 15.9 Å². The Balaban J connectivity index is 1.48. The predicted molar refractivity (Wildman–Crippen MR) is 110 cm³/mol. The maximum Gasteiger partial charge on any atom is 0.236 e. The van der Waals surface area contributed by atoms with Crippen molar-refractivity contribution in [1.29, 1.82) is 0 Å². The molecule has 0 saturated carbocycles. The van der Waals surface area contributed by atoms with E-state index < -0.39 is 10.0 Å². The van der Waals surface area contributed by atoms with Crippen LogP contribution >= 0.6 is 0 Å². The number of hydrogen-bond acceptors (Lipinski definition) is 4. The van der Waals surface area contributed by atoms with Crippen LogP contribution in [0.5, 0.6) is 0 Å². The second-order valence-corrected chi connectivity index (χ2v) is 9.29. The van der Waals surface area contributed by atoms with Gasteiger partial charge < -0.3 is 4.90 Å². The van der Waals surface area contributed by atoms with Crippen molar-refractivity contribution in [2.45, 2.75) is 12.3 Å². The zero-order chi connectivity index (χ0) is 20.9. The molecule has 0 N–H and O–H groups in total. The molecule has 0 spiro atoms. The lowest BCUT2D eigenvalue weighted by molar-refractivity contribution is -0.133. The molecule has 1 amide bonds. The van der Waals surface area contributed by atoms with Crippen molar-refractivity contribution in [3.8, 4) is 0 Å². The Morgan fingerprint density at radius 2 is 1.59 bits per heavy atom. The summed E-state index contributed by atoms with van der Waals surface area (Å²) < 4.78 is 39.7. The van der Waals surface area contributed by atoms with Gasteiger partial charge in [0.25, 0.3) is 0 Å². The number of halogens is 1. The number of piperazine rings is 1. The molecule has 6 nitrogen and oxygen atoms in total. The lowest BCUT2D eigenvalue weighted by Crippen LogP contribution is -2.52. The van der Waals surface area contributed by atoms with Crippen molar-refractivity contribution in [2.75, 3.05) is 39.8 Å². The lowest BCUT2D eigenvalue weighted by atomic mass is 10.2. The minimum Gasteiger partial charge on any atom is -0.339 e. The van der Waals surface area contributed by atoms with E-state index in [1.54, 1.807) is 29.2 Å². The summed E-state index contributed by atoms with van der Waals surface area (Å²) >= 11 is 0. The maximum atomic E-state index is 13.0. The summed E-state index contributed by atoms with van der Waals surface area (Å²) in [7, 11) is -1.56. The second-order valence-electron chi connectivity index (χ2n) is 7.32. The molecule has 0 aromatic heterocycles. The van der Waals surface area contributed by atoms with Crippen LogP contribution in [0.2, 0.25) is 0 Å². The van der Waals surface area contributed by atoms with Gasteiger partial charge in [0.1, 0.15) is 5.82 Å². The standard InChI is InChI=1S/C21H26FN3O3S/c1-23(15-18-7-9-20(22)10-8-18)16-21(26)24-11-13-25(14-12-24)29(27,28)17-19-5-3-2-4-6-19/h2-10H,11-17H2,1H3. The smallest absolute Gasteiger partial charge is 0.236 e. The molecule has 29 heavy (non-hydrogen) atoms. The number of rotatable bonds is 7. The fourth-order valence-corrected chi connectivity index (χ4v) is 4.90. The number of carbonyl (C=O) groups is 1. The van der Waals surface area contributed by atoms with E-state index in [-0.39, 0.29) is 24.0 Å².